The van der Waals surface area contributed by atoms with Crippen molar-refractivity contribution in [3.63, 3.8) is 0 Å². The van der Waals surface area contributed by atoms with Gasteiger partial charge in [-0.1, -0.05) is 114 Å². The maximum absolute atomic E-state index is 2.37. The van der Waals surface area contributed by atoms with Crippen molar-refractivity contribution in [2.45, 2.75) is 103 Å². The number of halogens is 2. The predicted molar refractivity (Wildman–Crippen MR) is 133 cm³/mol. The molecule has 0 aromatic heterocycles. The Labute approximate surface area is 203 Å². The number of benzene rings is 1. The Hall–Kier alpha value is 0.100. The third kappa shape index (κ3) is 21.1. The van der Waals surface area contributed by atoms with Gasteiger partial charge in [0, 0.05) is 5.56 Å². The predicted octanol–water partition coefficient (Wildman–Crippen LogP) is 5.49. The Morgan fingerprint density at radius 2 is 1.00 bits per heavy atom. The van der Waals surface area contributed by atoms with Crippen LogP contribution in [0.25, 0.3) is 0 Å². The maximum atomic E-state index is 2.37. The van der Waals surface area contributed by atoms with Crippen molar-refractivity contribution >= 4 is 17.0 Å². The number of hydrogen-bond acceptors (Lipinski definition) is 1. The number of hydrogen-bond donors (Lipinski definition) is 1. The second-order valence-electron chi connectivity index (χ2n) is 8.90. The van der Waals surface area contributed by atoms with Gasteiger partial charge in [-0.2, -0.15) is 0 Å². The van der Waals surface area contributed by atoms with Gasteiger partial charge in [-0.05, 0) is 12.8 Å². The Bertz CT molecular complexity index is 424. The molecule has 1 rings (SSSR count). The summed E-state index contributed by atoms with van der Waals surface area (Å²) in [5.41, 5.74) is 1.46. The summed E-state index contributed by atoms with van der Waals surface area (Å²) in [5, 5.41) is 0. The molecule has 0 aliphatic carbocycles. The van der Waals surface area contributed by atoms with Crippen molar-refractivity contribution in [1.29, 1.82) is 0 Å². The minimum atomic E-state index is 0. The third-order valence-corrected chi connectivity index (χ3v) is 5.57. The van der Waals surface area contributed by atoms with Gasteiger partial charge >= 0.3 is 0 Å². The van der Waals surface area contributed by atoms with Gasteiger partial charge in [-0.25, -0.2) is 0 Å². The van der Waals surface area contributed by atoms with Crippen LogP contribution in [0.1, 0.15) is 102 Å². The summed E-state index contributed by atoms with van der Waals surface area (Å²) in [6.07, 6.45) is 20.2. The van der Waals surface area contributed by atoms with Crippen LogP contribution in [0.5, 0.6) is 0 Å². The number of unbranched alkanes of at least 4 members (excludes halogenated alkanes) is 13. The molecule has 3 N–H and O–H groups in total. The number of nitrogens with zero attached hydrogens (tertiary/aromatic N) is 1. The van der Waals surface area contributed by atoms with E-state index < -0.39 is 0 Å². The molecule has 1 aromatic rings. The third-order valence-electron chi connectivity index (χ3n) is 5.57. The first-order valence-electron chi connectivity index (χ1n) is 11.5. The highest BCUT2D eigenvalue weighted by Crippen LogP contribution is 2.14. The van der Waals surface area contributed by atoms with E-state index in [1.165, 1.54) is 102 Å². The van der Waals surface area contributed by atoms with Crippen molar-refractivity contribution in [3.05, 3.63) is 35.9 Å². The fourth-order valence-corrected chi connectivity index (χ4v) is 3.89. The van der Waals surface area contributed by atoms with E-state index >= 15 is 0 Å². The van der Waals surface area contributed by atoms with E-state index in [0.29, 0.717) is 0 Å². The molecule has 0 saturated carbocycles. The summed E-state index contributed by atoms with van der Waals surface area (Å²) in [4.78, 5) is 0. The van der Waals surface area contributed by atoms with Gasteiger partial charge < -0.3 is 27.6 Å². The summed E-state index contributed by atoms with van der Waals surface area (Å²) in [7, 11) is 4.74. The largest absolute Gasteiger partial charge is 1.00 e. The molecule has 0 fully saturated rings. The molecule has 4 heteroatoms. The molecular formula is C25H50Br2N2. The molecule has 0 unspecified atom stereocenters. The van der Waals surface area contributed by atoms with Crippen LogP contribution in [0.4, 0.5) is 0 Å². The minimum Gasteiger partial charge on any atom is -1.00 e. The first-order valence-corrected chi connectivity index (χ1v) is 11.5. The van der Waals surface area contributed by atoms with Crippen molar-refractivity contribution in [3.8, 4) is 0 Å². The van der Waals surface area contributed by atoms with E-state index in [4.69, 9.17) is 0 Å². The van der Waals surface area contributed by atoms with Crippen LogP contribution in [0.2, 0.25) is 0 Å². The van der Waals surface area contributed by atoms with Gasteiger partial charge in [0.1, 0.15) is 6.54 Å². The number of rotatable bonds is 17. The van der Waals surface area contributed by atoms with Crippen molar-refractivity contribution < 1.29 is 21.5 Å². The van der Waals surface area contributed by atoms with Gasteiger partial charge in [0.25, 0.3) is 0 Å². The van der Waals surface area contributed by atoms with Crippen LogP contribution in [0.15, 0.2) is 30.3 Å². The molecule has 0 heterocycles. The summed E-state index contributed by atoms with van der Waals surface area (Å²) in [5.74, 6) is 0. The molecule has 0 aliphatic rings. The molecule has 0 saturated heterocycles. The quantitative estimate of drug-likeness (QED) is 0.207. The maximum Gasteiger partial charge on any atom is 0.104 e. The van der Waals surface area contributed by atoms with Gasteiger partial charge in [0.05, 0.1) is 20.6 Å². The minimum absolute atomic E-state index is 0. The molecule has 2 nitrogen and oxygen atoms in total. The molecule has 0 bridgehead atoms. The fraction of sp³-hybridized carbons (Fsp3) is 0.760. The van der Waals surface area contributed by atoms with E-state index in [9.17, 15) is 0 Å². The highest BCUT2D eigenvalue weighted by Gasteiger charge is 2.14. The first-order chi connectivity index (χ1) is 12.6. The summed E-state index contributed by atoms with van der Waals surface area (Å²) in [6.45, 7) is 4.75. The average Bonchev–Trinajstić information content (AvgIpc) is 2.62. The van der Waals surface area contributed by atoms with E-state index in [-0.39, 0.29) is 40.1 Å². The first kappa shape index (κ1) is 33.7. The number of quaternary nitrogens is 1. The van der Waals surface area contributed by atoms with Crippen molar-refractivity contribution in [2.75, 3.05) is 20.6 Å². The lowest BCUT2D eigenvalue weighted by atomic mass is 10.0. The molecule has 0 atom stereocenters. The highest BCUT2D eigenvalue weighted by atomic mass is 79.9. The van der Waals surface area contributed by atoms with Crippen LogP contribution in [-0.2, 0) is 6.54 Å². The van der Waals surface area contributed by atoms with Gasteiger partial charge in [0.15, 0.2) is 0 Å². The molecule has 1 aromatic carbocycles. The van der Waals surface area contributed by atoms with Crippen LogP contribution in [-0.4, -0.2) is 25.1 Å². The van der Waals surface area contributed by atoms with Crippen molar-refractivity contribution in [1.82, 2.24) is 6.15 Å². The topological polar surface area (TPSA) is 35.0 Å². The van der Waals surface area contributed by atoms with E-state index in [0.717, 1.165) is 11.0 Å². The van der Waals surface area contributed by atoms with Crippen molar-refractivity contribution in [2.24, 2.45) is 0 Å². The smallest absolute Gasteiger partial charge is 0.104 e. The molecule has 0 radical (unpaired) electrons. The SMILES string of the molecule is Br.CCCCCCCCCCCCCCCC[N+](C)(C)Cc1ccccc1.N.[Br-]. The lowest BCUT2D eigenvalue weighted by molar-refractivity contribution is -0.903. The molecule has 0 spiro atoms. The summed E-state index contributed by atoms with van der Waals surface area (Å²) < 4.78 is 1.11. The van der Waals surface area contributed by atoms with Crippen LogP contribution in [0, 0.1) is 0 Å². The Morgan fingerprint density at radius 3 is 1.41 bits per heavy atom. The molecule has 29 heavy (non-hydrogen) atoms. The van der Waals surface area contributed by atoms with Gasteiger partial charge in [-0.3, -0.25) is 0 Å². The molecule has 174 valence electrons. The van der Waals surface area contributed by atoms with E-state index in [2.05, 4.69) is 51.4 Å². The zero-order valence-corrected chi connectivity index (χ0v) is 22.9. The normalized spacial score (nSPS) is 10.6. The zero-order valence-electron chi connectivity index (χ0n) is 19.6. The highest BCUT2D eigenvalue weighted by molar-refractivity contribution is 8.93. The monoisotopic (exact) mass is 536 g/mol. The van der Waals surface area contributed by atoms with Gasteiger partial charge in [0.2, 0.25) is 0 Å². The second kappa shape index (κ2) is 22.8. The van der Waals surface area contributed by atoms with E-state index in [1.54, 1.807) is 0 Å². The van der Waals surface area contributed by atoms with Crippen LogP contribution >= 0.6 is 17.0 Å². The summed E-state index contributed by atoms with van der Waals surface area (Å²) >= 11 is 0. The lowest BCUT2D eigenvalue weighted by Gasteiger charge is -2.30. The molecular weight excluding hydrogens is 488 g/mol. The molecule has 0 aliphatic heterocycles. The van der Waals surface area contributed by atoms with Crippen LogP contribution < -0.4 is 23.1 Å². The Kier molecular flexibility index (Phi) is 26.5. The summed E-state index contributed by atoms with van der Waals surface area (Å²) in [6, 6.07) is 10.9. The van der Waals surface area contributed by atoms with E-state index in [1.807, 2.05) is 0 Å². The Balaban J connectivity index is -0.00000225. The fourth-order valence-electron chi connectivity index (χ4n) is 3.89. The average molecular weight is 538 g/mol. The Morgan fingerprint density at radius 1 is 0.621 bits per heavy atom. The zero-order chi connectivity index (χ0) is 18.9. The molecule has 0 amide bonds. The van der Waals surface area contributed by atoms with Crippen LogP contribution in [0.3, 0.4) is 0 Å². The standard InChI is InChI=1S/C25H46N.2BrH.H3N/c1-4-5-6-7-8-9-10-11-12-13-14-15-16-20-23-26(2,3)24-25-21-18-17-19-22-25;;;/h17-19,21-22H,4-16,20,23-24H2,1-3H3;2*1H;1H3/q+1;;;/p-1. The second-order valence-corrected chi connectivity index (χ2v) is 8.90. The lowest BCUT2D eigenvalue weighted by Crippen LogP contribution is -3.00. The van der Waals surface area contributed by atoms with Gasteiger partial charge in [-0.15, -0.1) is 17.0 Å².